The fourth-order valence-electron chi connectivity index (χ4n) is 11.1. The van der Waals surface area contributed by atoms with Crippen LogP contribution in [0.1, 0.15) is 104 Å². The van der Waals surface area contributed by atoms with Crippen LogP contribution in [0.4, 0.5) is 0 Å². The quantitative estimate of drug-likeness (QED) is 0.140. The Morgan fingerprint density at radius 3 is 0.326 bits per heavy atom. The van der Waals surface area contributed by atoms with Gasteiger partial charge in [0.15, 0.2) is 0 Å². The predicted molar refractivity (Wildman–Crippen MR) is 366 cm³/mol. The van der Waals surface area contributed by atoms with Gasteiger partial charge >= 0.3 is 31.1 Å². The smallest absolute Gasteiger partial charge is 0.199 e. The van der Waals surface area contributed by atoms with Crippen molar-refractivity contribution in [3.8, 4) is 30.3 Å². The van der Waals surface area contributed by atoms with Crippen LogP contribution in [0.25, 0.3) is 0 Å². The van der Waals surface area contributed by atoms with Crippen LogP contribution < -0.4 is 43.7 Å². The maximum atomic E-state index is 7.32. The van der Waals surface area contributed by atoms with Gasteiger partial charge < -0.3 is 0 Å². The van der Waals surface area contributed by atoms with Gasteiger partial charge in [-0.2, -0.15) is 70.0 Å². The molecule has 2 aliphatic carbocycles. The van der Waals surface area contributed by atoms with Gasteiger partial charge in [0.05, 0.1) is 30.3 Å². The van der Waals surface area contributed by atoms with Gasteiger partial charge in [0, 0.05) is 34.6 Å². The first-order chi connectivity index (χ1) is 41.0. The molecule has 86 heavy (non-hydrogen) atoms. The summed E-state index contributed by atoms with van der Waals surface area (Å²) in [6.07, 6.45) is -2.43. The standard InChI is InChI=1S/2C24H20B.2C10H15.5C2H3N.U/c2*1-5-13-21(14-6-1)25(22-15-7-2-8-16-22,23-17-9-3-10-18-23)24-19-11-4-12-20-24;2*1-6-7(2)9(4)10(5)8(6)3;5*1-2-3;/h2*1-20H;2*1-5H3;5*1H3;/q2*-1;;;;;;;;+4. The number of hydrogen-bond acceptors (Lipinski definition) is 5. The number of benzene rings is 8. The predicted octanol–water partition coefficient (Wildman–Crippen LogP) is 14.7. The summed E-state index contributed by atoms with van der Waals surface area (Å²) in [5.74, 6) is 14.7. The average molecular weight is 1350 g/mol. The molecule has 0 unspecified atom stereocenters. The van der Waals surface area contributed by atoms with E-state index in [0.717, 1.165) is 0 Å². The van der Waals surface area contributed by atoms with Crippen molar-refractivity contribution in [3.05, 3.63) is 302 Å². The molecular weight excluding hydrogens is 1270 g/mol. The topological polar surface area (TPSA) is 119 Å². The van der Waals surface area contributed by atoms with Crippen LogP contribution in [-0.4, -0.2) is 12.3 Å². The van der Waals surface area contributed by atoms with Crippen molar-refractivity contribution in [1.29, 1.82) is 26.3 Å². The van der Waals surface area contributed by atoms with Gasteiger partial charge in [-0.25, -0.2) is 0 Å². The van der Waals surface area contributed by atoms with E-state index in [9.17, 15) is 0 Å². The maximum Gasteiger partial charge on any atom is 4.00 e. The van der Waals surface area contributed by atoms with E-state index in [-0.39, 0.29) is 31.1 Å². The number of nitriles is 5. The Balaban J connectivity index is 0.000000560. The first kappa shape index (κ1) is 76.4. The molecule has 10 radical (unpaired) electrons. The van der Waals surface area contributed by atoms with E-state index in [4.69, 9.17) is 26.3 Å². The molecule has 2 aliphatic rings. The normalized spacial score (nSPS) is 13.6. The Morgan fingerprint density at radius 1 is 0.186 bits per heavy atom. The zero-order valence-corrected chi connectivity index (χ0v) is 57.6. The average Bonchev–Trinajstić information content (AvgIpc) is 1.18. The maximum absolute atomic E-state index is 7.32. The third-order valence-corrected chi connectivity index (χ3v) is 16.0. The molecule has 8 aromatic carbocycles. The summed E-state index contributed by atoms with van der Waals surface area (Å²) in [4.78, 5) is 0. The molecule has 0 N–H and O–H groups in total. The van der Waals surface area contributed by atoms with Crippen LogP contribution in [-0.2, 0) is 0 Å². The molecule has 5 nitrogen and oxygen atoms in total. The number of rotatable bonds is 8. The molecule has 0 heterocycles. The summed E-state index contributed by atoms with van der Waals surface area (Å²) in [6, 6.07) is 95.8. The number of hydrogen-bond donors (Lipinski definition) is 0. The Morgan fingerprint density at radius 2 is 0.256 bits per heavy atom. The van der Waals surface area contributed by atoms with E-state index in [0.29, 0.717) is 0 Å². The SMILES string of the molecule is CC#N.CC#N.CC#N.CC#N.CC#N.C[C]1[C](C)[C](C)[C](C)[C]1C.C[C]1[C](C)[C](C)[C](C)[C]1C.[U+4].c1ccc([B-](c2ccccc2)(c2ccccc2)c2ccccc2)cc1.c1ccc([B-](c2ccccc2)(c2ccccc2)c2ccccc2)cc1. The molecule has 0 saturated heterocycles. The molecule has 2 saturated carbocycles. The second-order valence-corrected chi connectivity index (χ2v) is 20.4. The molecule has 0 spiro atoms. The molecular formula is C78H85B2N5U+2. The number of nitrogens with zero attached hydrogens (tertiary/aromatic N) is 5. The third kappa shape index (κ3) is 20.8. The molecule has 8 aromatic rings. The Labute approximate surface area is 545 Å². The van der Waals surface area contributed by atoms with E-state index < -0.39 is 12.3 Å². The van der Waals surface area contributed by atoms with E-state index in [2.05, 4.69) is 312 Å². The molecule has 0 bridgehead atoms. The summed E-state index contributed by atoms with van der Waals surface area (Å²) in [7, 11) is 0. The molecule has 0 amide bonds. The summed E-state index contributed by atoms with van der Waals surface area (Å²) in [5.41, 5.74) is 10.7. The van der Waals surface area contributed by atoms with Gasteiger partial charge in [-0.15, -0.1) is 0 Å². The largest absolute Gasteiger partial charge is 4.00 e. The second-order valence-electron chi connectivity index (χ2n) is 20.4. The van der Waals surface area contributed by atoms with E-state index in [1.54, 1.807) is 30.3 Å². The molecule has 0 atom stereocenters. The third-order valence-electron chi connectivity index (χ3n) is 16.0. The van der Waals surface area contributed by atoms with Crippen molar-refractivity contribution in [3.63, 3.8) is 0 Å². The van der Waals surface area contributed by atoms with E-state index in [1.165, 1.54) is 138 Å². The molecule has 0 aromatic heterocycles. The first-order valence-electron chi connectivity index (χ1n) is 28.7. The molecule has 8 heteroatoms. The van der Waals surface area contributed by atoms with Gasteiger partial charge in [-0.1, -0.05) is 312 Å². The summed E-state index contributed by atoms with van der Waals surface area (Å²) in [5, 5.41) is 36.6. The molecule has 10 rings (SSSR count). The van der Waals surface area contributed by atoms with Crippen LogP contribution in [0.15, 0.2) is 243 Å². The van der Waals surface area contributed by atoms with Crippen molar-refractivity contribution in [2.45, 2.75) is 104 Å². The Hall–Kier alpha value is -7.61. The van der Waals surface area contributed by atoms with Crippen LogP contribution in [0.5, 0.6) is 0 Å². The summed E-state index contributed by atoms with van der Waals surface area (Å²) in [6.45, 7) is 29.1. The summed E-state index contributed by atoms with van der Waals surface area (Å²) < 4.78 is 0. The van der Waals surface area contributed by atoms with Gasteiger partial charge in [0.1, 0.15) is 12.3 Å². The minimum absolute atomic E-state index is 0. The van der Waals surface area contributed by atoms with Crippen molar-refractivity contribution in [1.82, 2.24) is 0 Å². The Bertz CT molecular complexity index is 2550. The molecule has 0 aliphatic heterocycles. The van der Waals surface area contributed by atoms with Gasteiger partial charge in [0.25, 0.3) is 0 Å². The molecule has 430 valence electrons. The van der Waals surface area contributed by atoms with Crippen LogP contribution in [0.2, 0.25) is 0 Å². The van der Waals surface area contributed by atoms with Gasteiger partial charge in [-0.3, -0.25) is 0 Å². The van der Waals surface area contributed by atoms with Crippen LogP contribution in [0, 0.1) is 147 Å². The van der Waals surface area contributed by atoms with Crippen molar-refractivity contribution >= 4 is 56.0 Å². The fraction of sp³-hybridized carbons (Fsp3) is 0.192. The zero-order chi connectivity index (χ0) is 63.2. The minimum Gasteiger partial charge on any atom is -0.199 e. The van der Waals surface area contributed by atoms with E-state index in [1.807, 2.05) is 0 Å². The van der Waals surface area contributed by atoms with Crippen molar-refractivity contribution in [2.24, 2.45) is 0 Å². The van der Waals surface area contributed by atoms with Crippen molar-refractivity contribution < 1.29 is 31.1 Å². The van der Waals surface area contributed by atoms with Crippen LogP contribution >= 0.6 is 0 Å². The minimum atomic E-state index is -1.22. The summed E-state index contributed by atoms with van der Waals surface area (Å²) >= 11 is 0. The molecule has 2 fully saturated rings. The van der Waals surface area contributed by atoms with Crippen LogP contribution in [0.3, 0.4) is 0 Å². The van der Waals surface area contributed by atoms with Gasteiger partial charge in [0.2, 0.25) is 0 Å². The second kappa shape index (κ2) is 42.2. The van der Waals surface area contributed by atoms with Gasteiger partial charge in [-0.05, 0) is 59.2 Å². The Kier molecular flexibility index (Phi) is 37.5. The first-order valence-corrected chi connectivity index (χ1v) is 28.7. The fourth-order valence-corrected chi connectivity index (χ4v) is 11.1. The zero-order valence-electron chi connectivity index (χ0n) is 53.5. The monoisotopic (exact) mass is 1350 g/mol. The van der Waals surface area contributed by atoms with E-state index >= 15 is 0 Å². The van der Waals surface area contributed by atoms with Crippen molar-refractivity contribution in [2.75, 3.05) is 0 Å².